The molecule has 1 aliphatic heterocycles. The largest absolute Gasteiger partial charge is 0.478 e. The third kappa shape index (κ3) is 2.76. The highest BCUT2D eigenvalue weighted by Crippen LogP contribution is 2.28. The molecule has 0 saturated heterocycles. The van der Waals surface area contributed by atoms with Gasteiger partial charge in [0.25, 0.3) is 5.91 Å². The Labute approximate surface area is 136 Å². The summed E-state index contributed by atoms with van der Waals surface area (Å²) in [6.07, 6.45) is 3.10. The standard InChI is InChI=1S/C16H11ClN2O4/c1-9-12(8-11-3-2-6-23-11)15(20)19(18-9)10-4-5-14(17)13(7-10)16(21)22/h2-8H,1H3,(H,21,22)/b12-8+. The Kier molecular flexibility index (Phi) is 3.75. The molecule has 0 aliphatic carbocycles. The Hall–Kier alpha value is -2.86. The van der Waals surface area contributed by atoms with Gasteiger partial charge < -0.3 is 9.52 Å². The Bertz CT molecular complexity index is 853. The van der Waals surface area contributed by atoms with Crippen molar-refractivity contribution in [1.82, 2.24) is 0 Å². The first-order valence-electron chi connectivity index (χ1n) is 6.65. The normalized spacial score (nSPS) is 16.1. The molecule has 2 aromatic rings. The lowest BCUT2D eigenvalue weighted by Gasteiger charge is -2.12. The predicted molar refractivity (Wildman–Crippen MR) is 85.7 cm³/mol. The molecule has 0 bridgehead atoms. The minimum atomic E-state index is -1.17. The number of carboxylic acid groups (broad SMARTS) is 1. The fourth-order valence-corrected chi connectivity index (χ4v) is 2.38. The molecule has 3 rings (SSSR count). The summed E-state index contributed by atoms with van der Waals surface area (Å²) in [5.41, 5.74) is 1.14. The Morgan fingerprint density at radius 2 is 2.17 bits per heavy atom. The number of aromatic carboxylic acids is 1. The van der Waals surface area contributed by atoms with Crippen LogP contribution in [0.3, 0.4) is 0 Å². The van der Waals surface area contributed by atoms with Crippen LogP contribution in [0.1, 0.15) is 23.0 Å². The number of hydrogen-bond acceptors (Lipinski definition) is 4. The summed E-state index contributed by atoms with van der Waals surface area (Å²) in [5, 5.41) is 14.6. The molecule has 0 fully saturated rings. The lowest BCUT2D eigenvalue weighted by Crippen LogP contribution is -2.21. The van der Waals surface area contributed by atoms with E-state index in [-0.39, 0.29) is 16.5 Å². The monoisotopic (exact) mass is 330 g/mol. The number of amides is 1. The van der Waals surface area contributed by atoms with E-state index in [1.165, 1.54) is 18.4 Å². The van der Waals surface area contributed by atoms with Crippen LogP contribution in [-0.2, 0) is 4.79 Å². The van der Waals surface area contributed by atoms with Gasteiger partial charge in [-0.25, -0.2) is 4.79 Å². The van der Waals surface area contributed by atoms with Crippen LogP contribution in [0, 0.1) is 0 Å². The van der Waals surface area contributed by atoms with E-state index in [1.54, 1.807) is 31.2 Å². The van der Waals surface area contributed by atoms with Gasteiger partial charge in [0.2, 0.25) is 0 Å². The predicted octanol–water partition coefficient (Wildman–Crippen LogP) is 3.44. The van der Waals surface area contributed by atoms with Crippen LogP contribution in [0.4, 0.5) is 5.69 Å². The van der Waals surface area contributed by atoms with E-state index in [9.17, 15) is 9.59 Å². The summed E-state index contributed by atoms with van der Waals surface area (Å²) in [5.74, 6) is -1.000. The van der Waals surface area contributed by atoms with Crippen LogP contribution in [-0.4, -0.2) is 22.7 Å². The Morgan fingerprint density at radius 3 is 2.83 bits per heavy atom. The van der Waals surface area contributed by atoms with Gasteiger partial charge in [-0.05, 0) is 43.3 Å². The van der Waals surface area contributed by atoms with Crippen molar-refractivity contribution in [2.45, 2.75) is 6.92 Å². The van der Waals surface area contributed by atoms with Gasteiger partial charge in [0.1, 0.15) is 5.76 Å². The number of carbonyl (C=O) groups is 2. The van der Waals surface area contributed by atoms with Crippen molar-refractivity contribution in [2.75, 3.05) is 5.01 Å². The highest BCUT2D eigenvalue weighted by molar-refractivity contribution is 6.34. The van der Waals surface area contributed by atoms with Crippen molar-refractivity contribution in [1.29, 1.82) is 0 Å². The molecule has 116 valence electrons. The second-order valence-corrected chi connectivity index (χ2v) is 5.25. The van der Waals surface area contributed by atoms with E-state index in [0.29, 0.717) is 22.7 Å². The maximum absolute atomic E-state index is 12.5. The van der Waals surface area contributed by atoms with Crippen molar-refractivity contribution in [2.24, 2.45) is 5.10 Å². The van der Waals surface area contributed by atoms with Crippen molar-refractivity contribution in [3.05, 3.63) is 58.5 Å². The van der Waals surface area contributed by atoms with E-state index >= 15 is 0 Å². The average molecular weight is 331 g/mol. The summed E-state index contributed by atoms with van der Waals surface area (Å²) in [7, 11) is 0. The molecule has 1 aromatic carbocycles. The molecule has 2 heterocycles. The first kappa shape index (κ1) is 15.1. The molecular formula is C16H11ClN2O4. The summed E-state index contributed by atoms with van der Waals surface area (Å²) in [6, 6.07) is 7.72. The van der Waals surface area contributed by atoms with Crippen molar-refractivity contribution < 1.29 is 19.1 Å². The first-order chi connectivity index (χ1) is 11.0. The second kappa shape index (κ2) is 5.73. The minimum absolute atomic E-state index is 0.0896. The number of rotatable bonds is 3. The molecule has 0 spiro atoms. The third-order valence-electron chi connectivity index (χ3n) is 3.32. The number of benzene rings is 1. The fourth-order valence-electron chi connectivity index (χ4n) is 2.18. The zero-order chi connectivity index (χ0) is 16.6. The summed E-state index contributed by atoms with van der Waals surface area (Å²) in [4.78, 5) is 23.7. The maximum atomic E-state index is 12.5. The fraction of sp³-hybridized carbons (Fsp3) is 0.0625. The van der Waals surface area contributed by atoms with Gasteiger partial charge in [-0.15, -0.1) is 0 Å². The summed E-state index contributed by atoms with van der Waals surface area (Å²) >= 11 is 5.84. The lowest BCUT2D eigenvalue weighted by atomic mass is 10.1. The van der Waals surface area contributed by atoms with Gasteiger partial charge in [-0.1, -0.05) is 11.6 Å². The first-order valence-corrected chi connectivity index (χ1v) is 7.03. The van der Waals surface area contributed by atoms with Crippen molar-refractivity contribution in [3.8, 4) is 0 Å². The summed E-state index contributed by atoms with van der Waals surface area (Å²) < 4.78 is 5.20. The number of furan rings is 1. The van der Waals surface area contributed by atoms with Crippen LogP contribution < -0.4 is 5.01 Å². The Balaban J connectivity index is 1.98. The highest BCUT2D eigenvalue weighted by atomic mass is 35.5. The number of halogens is 1. The van der Waals surface area contributed by atoms with E-state index in [0.717, 1.165) is 5.01 Å². The molecule has 6 nitrogen and oxygen atoms in total. The molecule has 1 aromatic heterocycles. The van der Waals surface area contributed by atoms with Gasteiger partial charge in [0.15, 0.2) is 0 Å². The highest BCUT2D eigenvalue weighted by Gasteiger charge is 2.29. The number of carboxylic acids is 1. The zero-order valence-electron chi connectivity index (χ0n) is 12.0. The van der Waals surface area contributed by atoms with E-state index in [1.807, 2.05) is 0 Å². The maximum Gasteiger partial charge on any atom is 0.337 e. The molecule has 1 N–H and O–H groups in total. The number of anilines is 1. The number of hydrazone groups is 1. The van der Waals surface area contributed by atoms with Gasteiger partial charge in [-0.3, -0.25) is 4.79 Å². The van der Waals surface area contributed by atoms with Crippen LogP contribution in [0.5, 0.6) is 0 Å². The molecule has 7 heteroatoms. The number of carbonyl (C=O) groups excluding carboxylic acids is 1. The second-order valence-electron chi connectivity index (χ2n) is 4.85. The SMILES string of the molecule is CC1=NN(c2ccc(Cl)c(C(=O)O)c2)C(=O)/C1=C/c1ccco1. The van der Waals surface area contributed by atoms with Crippen LogP contribution in [0.2, 0.25) is 5.02 Å². The molecule has 23 heavy (non-hydrogen) atoms. The van der Waals surface area contributed by atoms with Crippen molar-refractivity contribution in [3.63, 3.8) is 0 Å². The van der Waals surface area contributed by atoms with Gasteiger partial charge >= 0.3 is 5.97 Å². The molecule has 0 saturated carbocycles. The van der Waals surface area contributed by atoms with Crippen molar-refractivity contribution >= 4 is 41.0 Å². The Morgan fingerprint density at radius 1 is 1.39 bits per heavy atom. The average Bonchev–Trinajstić information content (AvgIpc) is 3.11. The van der Waals surface area contributed by atoms with Gasteiger partial charge in [-0.2, -0.15) is 10.1 Å². The molecule has 1 amide bonds. The number of hydrogen-bond donors (Lipinski definition) is 1. The van der Waals surface area contributed by atoms with E-state index < -0.39 is 5.97 Å². The van der Waals surface area contributed by atoms with Crippen LogP contribution in [0.15, 0.2) is 51.7 Å². The number of nitrogens with zero attached hydrogens (tertiary/aromatic N) is 2. The van der Waals surface area contributed by atoms with E-state index in [4.69, 9.17) is 21.1 Å². The van der Waals surface area contributed by atoms with E-state index in [2.05, 4.69) is 5.10 Å². The molecule has 0 unspecified atom stereocenters. The molecule has 0 radical (unpaired) electrons. The van der Waals surface area contributed by atoms with Gasteiger partial charge in [0, 0.05) is 0 Å². The summed E-state index contributed by atoms with van der Waals surface area (Å²) in [6.45, 7) is 1.70. The lowest BCUT2D eigenvalue weighted by molar-refractivity contribution is -0.114. The molecule has 0 atom stereocenters. The zero-order valence-corrected chi connectivity index (χ0v) is 12.7. The van der Waals surface area contributed by atoms with Crippen LogP contribution >= 0.6 is 11.6 Å². The topological polar surface area (TPSA) is 83.1 Å². The molecule has 1 aliphatic rings. The molecular weight excluding hydrogens is 320 g/mol. The minimum Gasteiger partial charge on any atom is -0.478 e. The quantitative estimate of drug-likeness (QED) is 0.874. The van der Waals surface area contributed by atoms with Crippen LogP contribution in [0.25, 0.3) is 6.08 Å². The van der Waals surface area contributed by atoms with Gasteiger partial charge in [0.05, 0.1) is 33.8 Å². The smallest absolute Gasteiger partial charge is 0.337 e. The third-order valence-corrected chi connectivity index (χ3v) is 3.65.